The van der Waals surface area contributed by atoms with E-state index >= 15 is 0 Å². The third kappa shape index (κ3) is 3.18. The van der Waals surface area contributed by atoms with Gasteiger partial charge in [0.2, 0.25) is 0 Å². The zero-order chi connectivity index (χ0) is 10.6. The van der Waals surface area contributed by atoms with E-state index < -0.39 is 0 Å². The normalized spacial score (nSPS) is 11.9. The molecule has 1 rings (SSSR count). The van der Waals surface area contributed by atoms with Crippen LogP contribution in [0.3, 0.4) is 0 Å². The number of benzene rings is 1. The van der Waals surface area contributed by atoms with Gasteiger partial charge in [-0.2, -0.15) is 5.26 Å². The molecule has 74 valence electrons. The number of nitriles is 1. The van der Waals surface area contributed by atoms with Crippen LogP contribution in [0, 0.1) is 27.7 Å². The lowest BCUT2D eigenvalue weighted by molar-refractivity contribution is 0.786. The molecule has 1 atom stereocenters. The van der Waals surface area contributed by atoms with Gasteiger partial charge in [-0.05, 0) is 54.1 Å². The van der Waals surface area contributed by atoms with Gasteiger partial charge in [0.15, 0.2) is 0 Å². The van der Waals surface area contributed by atoms with Gasteiger partial charge < -0.3 is 5.32 Å². The highest BCUT2D eigenvalue weighted by molar-refractivity contribution is 14.1. The number of hydrogen-bond acceptors (Lipinski definition) is 2. The van der Waals surface area contributed by atoms with Crippen molar-refractivity contribution in [1.82, 2.24) is 0 Å². The van der Waals surface area contributed by atoms with Gasteiger partial charge in [0.05, 0.1) is 12.0 Å². The standard InChI is InChI=1S/C11H13IN2/c1-8(6-13)7-14-10-4-3-9(2)11(12)5-10/h3-5,8,14H,7H2,1-2H3. The van der Waals surface area contributed by atoms with Gasteiger partial charge in [0.25, 0.3) is 0 Å². The highest BCUT2D eigenvalue weighted by Crippen LogP contribution is 2.17. The van der Waals surface area contributed by atoms with Gasteiger partial charge in [-0.1, -0.05) is 6.07 Å². The first-order valence-corrected chi connectivity index (χ1v) is 5.61. The highest BCUT2D eigenvalue weighted by Gasteiger charge is 2.00. The molecule has 0 saturated heterocycles. The van der Waals surface area contributed by atoms with Crippen LogP contribution in [0.4, 0.5) is 5.69 Å². The first kappa shape index (κ1) is 11.3. The summed E-state index contributed by atoms with van der Waals surface area (Å²) >= 11 is 2.31. The average molecular weight is 300 g/mol. The van der Waals surface area contributed by atoms with Crippen LogP contribution in [0.1, 0.15) is 12.5 Å². The molecule has 1 aromatic carbocycles. The predicted octanol–water partition coefficient (Wildman–Crippen LogP) is 3.17. The van der Waals surface area contributed by atoms with E-state index in [0.717, 1.165) is 5.69 Å². The maximum Gasteiger partial charge on any atom is 0.0671 e. The Morgan fingerprint density at radius 3 is 2.86 bits per heavy atom. The summed E-state index contributed by atoms with van der Waals surface area (Å²) in [5.41, 5.74) is 2.37. The monoisotopic (exact) mass is 300 g/mol. The van der Waals surface area contributed by atoms with Gasteiger partial charge in [-0.15, -0.1) is 0 Å². The SMILES string of the molecule is Cc1ccc(NCC(C)C#N)cc1I. The van der Waals surface area contributed by atoms with E-state index in [1.54, 1.807) is 0 Å². The van der Waals surface area contributed by atoms with Crippen molar-refractivity contribution < 1.29 is 0 Å². The van der Waals surface area contributed by atoms with E-state index in [-0.39, 0.29) is 5.92 Å². The summed E-state index contributed by atoms with van der Waals surface area (Å²) < 4.78 is 1.25. The van der Waals surface area contributed by atoms with Crippen LogP contribution in [-0.2, 0) is 0 Å². The molecular weight excluding hydrogens is 287 g/mol. The van der Waals surface area contributed by atoms with E-state index in [2.05, 4.69) is 53.0 Å². The molecule has 0 amide bonds. The summed E-state index contributed by atoms with van der Waals surface area (Å²) in [5.74, 6) is 0.0500. The molecule has 0 aromatic heterocycles. The zero-order valence-electron chi connectivity index (χ0n) is 8.34. The van der Waals surface area contributed by atoms with E-state index in [4.69, 9.17) is 5.26 Å². The molecule has 1 aromatic rings. The van der Waals surface area contributed by atoms with Crippen molar-refractivity contribution in [1.29, 1.82) is 5.26 Å². The van der Waals surface area contributed by atoms with E-state index in [9.17, 15) is 0 Å². The topological polar surface area (TPSA) is 35.8 Å². The smallest absolute Gasteiger partial charge is 0.0671 e. The third-order valence-corrected chi connectivity index (χ3v) is 3.17. The molecule has 0 aliphatic carbocycles. The molecule has 0 saturated carbocycles. The first-order valence-electron chi connectivity index (χ1n) is 4.53. The van der Waals surface area contributed by atoms with Gasteiger partial charge in [-0.3, -0.25) is 0 Å². The average Bonchev–Trinajstić information content (AvgIpc) is 2.19. The Hall–Kier alpha value is -0.760. The number of anilines is 1. The fourth-order valence-electron chi connectivity index (χ4n) is 1.02. The molecule has 1 unspecified atom stereocenters. The molecule has 1 N–H and O–H groups in total. The van der Waals surface area contributed by atoms with Crippen LogP contribution < -0.4 is 5.32 Å². The second kappa shape index (κ2) is 5.20. The fraction of sp³-hybridized carbons (Fsp3) is 0.364. The van der Waals surface area contributed by atoms with Crippen molar-refractivity contribution in [3.8, 4) is 6.07 Å². The van der Waals surface area contributed by atoms with Crippen molar-refractivity contribution in [3.05, 3.63) is 27.3 Å². The summed E-state index contributed by atoms with van der Waals surface area (Å²) in [4.78, 5) is 0. The van der Waals surface area contributed by atoms with Gasteiger partial charge in [0.1, 0.15) is 0 Å². The summed E-state index contributed by atoms with van der Waals surface area (Å²) in [6.45, 7) is 4.70. The second-order valence-corrected chi connectivity index (χ2v) is 4.54. The lowest BCUT2D eigenvalue weighted by atomic mass is 10.2. The quantitative estimate of drug-likeness (QED) is 0.870. The predicted molar refractivity (Wildman–Crippen MR) is 67.2 cm³/mol. The minimum absolute atomic E-state index is 0.0500. The minimum atomic E-state index is 0.0500. The lowest BCUT2D eigenvalue weighted by Gasteiger charge is -2.08. The van der Waals surface area contributed by atoms with Crippen LogP contribution in [0.25, 0.3) is 0 Å². The van der Waals surface area contributed by atoms with Crippen LogP contribution >= 0.6 is 22.6 Å². The van der Waals surface area contributed by atoms with Crippen LogP contribution in [0.15, 0.2) is 18.2 Å². The van der Waals surface area contributed by atoms with Crippen molar-refractivity contribution in [3.63, 3.8) is 0 Å². The Kier molecular flexibility index (Phi) is 4.21. The maximum absolute atomic E-state index is 8.62. The third-order valence-electron chi connectivity index (χ3n) is 2.00. The Morgan fingerprint density at radius 1 is 1.57 bits per heavy atom. The number of nitrogens with zero attached hydrogens (tertiary/aromatic N) is 1. The van der Waals surface area contributed by atoms with Gasteiger partial charge in [0, 0.05) is 15.8 Å². The Labute approximate surface area is 98.5 Å². The van der Waals surface area contributed by atoms with Crippen molar-refractivity contribution in [2.24, 2.45) is 5.92 Å². The first-order chi connectivity index (χ1) is 6.63. The number of halogens is 1. The molecule has 3 heteroatoms. The number of aryl methyl sites for hydroxylation is 1. The van der Waals surface area contributed by atoms with Crippen molar-refractivity contribution >= 4 is 28.3 Å². The molecule has 0 heterocycles. The molecule has 0 spiro atoms. The fourth-order valence-corrected chi connectivity index (χ4v) is 1.53. The summed E-state index contributed by atoms with van der Waals surface area (Å²) in [7, 11) is 0. The van der Waals surface area contributed by atoms with E-state index in [1.807, 2.05) is 13.0 Å². The van der Waals surface area contributed by atoms with Crippen LogP contribution in [0.5, 0.6) is 0 Å². The van der Waals surface area contributed by atoms with Gasteiger partial charge in [-0.25, -0.2) is 0 Å². The van der Waals surface area contributed by atoms with Crippen LogP contribution in [-0.4, -0.2) is 6.54 Å². The van der Waals surface area contributed by atoms with E-state index in [1.165, 1.54) is 9.13 Å². The minimum Gasteiger partial charge on any atom is -0.384 e. The van der Waals surface area contributed by atoms with Crippen molar-refractivity contribution in [2.45, 2.75) is 13.8 Å². The van der Waals surface area contributed by atoms with E-state index in [0.29, 0.717) is 6.54 Å². The summed E-state index contributed by atoms with van der Waals surface area (Å²) in [6.07, 6.45) is 0. The summed E-state index contributed by atoms with van der Waals surface area (Å²) in [5, 5.41) is 11.9. The Bertz CT molecular complexity index is 355. The Balaban J connectivity index is 2.61. The number of hydrogen-bond donors (Lipinski definition) is 1. The lowest BCUT2D eigenvalue weighted by Crippen LogP contribution is -2.09. The largest absolute Gasteiger partial charge is 0.384 e. The Morgan fingerprint density at radius 2 is 2.29 bits per heavy atom. The summed E-state index contributed by atoms with van der Waals surface area (Å²) in [6, 6.07) is 8.42. The van der Waals surface area contributed by atoms with Crippen LogP contribution in [0.2, 0.25) is 0 Å². The molecule has 0 fully saturated rings. The zero-order valence-corrected chi connectivity index (χ0v) is 10.5. The molecule has 0 aliphatic rings. The molecular formula is C11H13IN2. The molecule has 0 aliphatic heterocycles. The number of rotatable bonds is 3. The molecule has 0 bridgehead atoms. The molecule has 2 nitrogen and oxygen atoms in total. The highest BCUT2D eigenvalue weighted by atomic mass is 127. The molecule has 14 heavy (non-hydrogen) atoms. The molecule has 0 radical (unpaired) electrons. The maximum atomic E-state index is 8.62. The van der Waals surface area contributed by atoms with Gasteiger partial charge >= 0.3 is 0 Å². The second-order valence-electron chi connectivity index (χ2n) is 3.38. The van der Waals surface area contributed by atoms with Crippen molar-refractivity contribution in [2.75, 3.05) is 11.9 Å². The number of nitrogens with one attached hydrogen (secondary N) is 1.